The third-order valence-electron chi connectivity index (χ3n) is 3.66. The van der Waals surface area contributed by atoms with E-state index in [0.717, 1.165) is 16.5 Å². The first kappa shape index (κ1) is 16.7. The molecular weight excluding hydrogens is 340 g/mol. The van der Waals surface area contributed by atoms with Crippen LogP contribution in [0.2, 0.25) is 0 Å². The minimum Gasteiger partial charge on any atom is -0.347 e. The summed E-state index contributed by atoms with van der Waals surface area (Å²) < 4.78 is 1.08. The number of halogens is 1. The highest BCUT2D eigenvalue weighted by molar-refractivity contribution is 9.10. The first-order valence-electron chi connectivity index (χ1n) is 7.58. The van der Waals surface area contributed by atoms with Crippen molar-refractivity contribution in [3.63, 3.8) is 0 Å². The Hall–Kier alpha value is -1.65. The Labute approximate surface area is 140 Å². The van der Waals surface area contributed by atoms with E-state index < -0.39 is 0 Å². The van der Waals surface area contributed by atoms with Gasteiger partial charge in [-0.1, -0.05) is 65.3 Å². The van der Waals surface area contributed by atoms with Crippen LogP contribution >= 0.6 is 15.9 Å². The van der Waals surface area contributed by atoms with Gasteiger partial charge in [-0.2, -0.15) is 0 Å². The zero-order valence-electron chi connectivity index (χ0n) is 12.8. The summed E-state index contributed by atoms with van der Waals surface area (Å²) in [4.78, 5) is 12.0. The fraction of sp³-hybridized carbons (Fsp3) is 0.278. The minimum absolute atomic E-state index is 0.0689. The standard InChI is InChI=1S/C18H21BrN2O/c1-2-17(15-8-10-16(19)11-9-15)20-13-18(22)21-12-14-6-4-3-5-7-14/h3-11,17,20H,2,12-13H2,1H3,(H,21,22)/p+1/t17-/m1/s1. The molecule has 2 aromatic rings. The molecule has 0 aliphatic rings. The van der Waals surface area contributed by atoms with E-state index in [1.54, 1.807) is 0 Å². The third-order valence-corrected chi connectivity index (χ3v) is 4.19. The van der Waals surface area contributed by atoms with Crippen molar-refractivity contribution in [2.45, 2.75) is 25.9 Å². The van der Waals surface area contributed by atoms with Gasteiger partial charge in [-0.05, 0) is 17.7 Å². The van der Waals surface area contributed by atoms with Crippen LogP contribution in [0.25, 0.3) is 0 Å². The van der Waals surface area contributed by atoms with E-state index in [1.807, 2.05) is 42.5 Å². The number of amides is 1. The predicted octanol–water partition coefficient (Wildman–Crippen LogP) is 2.78. The average Bonchev–Trinajstić information content (AvgIpc) is 2.56. The number of carbonyl (C=O) groups excluding carboxylic acids is 1. The van der Waals surface area contributed by atoms with Crippen molar-refractivity contribution < 1.29 is 10.1 Å². The highest BCUT2D eigenvalue weighted by Crippen LogP contribution is 2.16. The molecule has 0 heterocycles. The number of nitrogens with two attached hydrogens (primary N) is 1. The van der Waals surface area contributed by atoms with Gasteiger partial charge in [0.2, 0.25) is 0 Å². The lowest BCUT2D eigenvalue weighted by atomic mass is 10.0. The second-order valence-electron chi connectivity index (χ2n) is 5.27. The van der Waals surface area contributed by atoms with E-state index in [-0.39, 0.29) is 5.91 Å². The molecule has 0 aliphatic heterocycles. The summed E-state index contributed by atoms with van der Waals surface area (Å²) in [5.74, 6) is 0.0689. The number of quaternary nitrogens is 1. The Kier molecular flexibility index (Phi) is 6.62. The van der Waals surface area contributed by atoms with Gasteiger partial charge in [-0.25, -0.2) is 0 Å². The summed E-state index contributed by atoms with van der Waals surface area (Å²) in [5, 5.41) is 5.06. The maximum Gasteiger partial charge on any atom is 0.275 e. The number of carbonyl (C=O) groups is 1. The molecule has 0 saturated heterocycles. The smallest absolute Gasteiger partial charge is 0.275 e. The molecule has 0 saturated carbocycles. The molecule has 3 nitrogen and oxygen atoms in total. The molecule has 22 heavy (non-hydrogen) atoms. The molecule has 0 aromatic heterocycles. The Morgan fingerprint density at radius 2 is 1.82 bits per heavy atom. The quantitative estimate of drug-likeness (QED) is 0.782. The Morgan fingerprint density at radius 1 is 1.14 bits per heavy atom. The monoisotopic (exact) mass is 361 g/mol. The van der Waals surface area contributed by atoms with Gasteiger partial charge in [0.25, 0.3) is 5.91 Å². The second kappa shape index (κ2) is 8.71. The Morgan fingerprint density at radius 3 is 2.45 bits per heavy atom. The fourth-order valence-corrected chi connectivity index (χ4v) is 2.63. The maximum atomic E-state index is 12.0. The molecule has 0 aliphatic carbocycles. The van der Waals surface area contributed by atoms with Crippen LogP contribution in [0, 0.1) is 0 Å². The second-order valence-corrected chi connectivity index (χ2v) is 6.18. The van der Waals surface area contributed by atoms with Gasteiger partial charge in [0.05, 0.1) is 0 Å². The number of hydrogen-bond acceptors (Lipinski definition) is 1. The van der Waals surface area contributed by atoms with Crippen molar-refractivity contribution in [3.05, 3.63) is 70.2 Å². The molecule has 3 N–H and O–H groups in total. The van der Waals surface area contributed by atoms with E-state index >= 15 is 0 Å². The number of rotatable bonds is 7. The molecule has 4 heteroatoms. The molecule has 0 unspecified atom stereocenters. The predicted molar refractivity (Wildman–Crippen MR) is 92.3 cm³/mol. The third kappa shape index (κ3) is 5.28. The van der Waals surface area contributed by atoms with Crippen molar-refractivity contribution in [1.29, 1.82) is 0 Å². The normalized spacial score (nSPS) is 11.9. The van der Waals surface area contributed by atoms with Gasteiger partial charge < -0.3 is 10.6 Å². The summed E-state index contributed by atoms with van der Waals surface area (Å²) in [6, 6.07) is 18.6. The zero-order valence-corrected chi connectivity index (χ0v) is 14.3. The van der Waals surface area contributed by atoms with E-state index in [9.17, 15) is 4.79 Å². The molecule has 2 aromatic carbocycles. The molecule has 0 radical (unpaired) electrons. The van der Waals surface area contributed by atoms with Crippen LogP contribution in [0.15, 0.2) is 59.1 Å². The highest BCUT2D eigenvalue weighted by atomic mass is 79.9. The van der Waals surface area contributed by atoms with Crippen LogP contribution in [-0.2, 0) is 11.3 Å². The summed E-state index contributed by atoms with van der Waals surface area (Å²) in [7, 11) is 0. The number of benzene rings is 2. The molecular formula is C18H22BrN2O+. The molecule has 1 amide bonds. The minimum atomic E-state index is 0.0689. The lowest BCUT2D eigenvalue weighted by molar-refractivity contribution is -0.686. The van der Waals surface area contributed by atoms with Crippen LogP contribution in [0.5, 0.6) is 0 Å². The number of hydrogen-bond donors (Lipinski definition) is 2. The van der Waals surface area contributed by atoms with Crippen molar-refractivity contribution in [2.24, 2.45) is 0 Å². The molecule has 0 fully saturated rings. The molecule has 0 spiro atoms. The summed E-state index contributed by atoms with van der Waals surface area (Å²) in [6.07, 6.45) is 0.994. The van der Waals surface area contributed by atoms with Gasteiger partial charge in [0.1, 0.15) is 6.04 Å². The van der Waals surface area contributed by atoms with E-state index in [2.05, 4.69) is 45.6 Å². The van der Waals surface area contributed by atoms with Crippen LogP contribution in [0.4, 0.5) is 0 Å². The topological polar surface area (TPSA) is 45.7 Å². The van der Waals surface area contributed by atoms with Gasteiger partial charge in [0.15, 0.2) is 6.54 Å². The SMILES string of the molecule is CC[C@@H]([NH2+]CC(=O)NCc1ccccc1)c1ccc(Br)cc1. The van der Waals surface area contributed by atoms with E-state index in [1.165, 1.54) is 5.56 Å². The van der Waals surface area contributed by atoms with Crippen molar-refractivity contribution in [1.82, 2.24) is 5.32 Å². The summed E-state index contributed by atoms with van der Waals surface area (Å²) in [5.41, 5.74) is 2.37. The summed E-state index contributed by atoms with van der Waals surface area (Å²) >= 11 is 3.45. The number of nitrogens with one attached hydrogen (secondary N) is 1. The van der Waals surface area contributed by atoms with E-state index in [0.29, 0.717) is 19.1 Å². The molecule has 0 bridgehead atoms. The largest absolute Gasteiger partial charge is 0.347 e. The van der Waals surface area contributed by atoms with Gasteiger partial charge >= 0.3 is 0 Å². The van der Waals surface area contributed by atoms with Gasteiger partial charge in [-0.15, -0.1) is 0 Å². The van der Waals surface area contributed by atoms with Gasteiger partial charge in [0, 0.05) is 23.0 Å². The maximum absolute atomic E-state index is 12.0. The van der Waals surface area contributed by atoms with Crippen molar-refractivity contribution in [2.75, 3.05) is 6.54 Å². The van der Waals surface area contributed by atoms with Crippen LogP contribution in [0.1, 0.15) is 30.5 Å². The summed E-state index contributed by atoms with van der Waals surface area (Å²) in [6.45, 7) is 3.18. The van der Waals surface area contributed by atoms with Gasteiger partial charge in [-0.3, -0.25) is 4.79 Å². The Balaban J connectivity index is 1.80. The zero-order chi connectivity index (χ0) is 15.8. The highest BCUT2D eigenvalue weighted by Gasteiger charge is 2.14. The molecule has 2 rings (SSSR count). The first-order chi connectivity index (χ1) is 10.7. The first-order valence-corrected chi connectivity index (χ1v) is 8.37. The fourth-order valence-electron chi connectivity index (χ4n) is 2.37. The van der Waals surface area contributed by atoms with Crippen molar-refractivity contribution >= 4 is 21.8 Å². The van der Waals surface area contributed by atoms with Crippen molar-refractivity contribution in [3.8, 4) is 0 Å². The average molecular weight is 362 g/mol. The van der Waals surface area contributed by atoms with Crippen LogP contribution in [0.3, 0.4) is 0 Å². The lowest BCUT2D eigenvalue weighted by Gasteiger charge is -2.14. The van der Waals surface area contributed by atoms with Crippen LogP contribution in [-0.4, -0.2) is 12.5 Å². The van der Waals surface area contributed by atoms with Crippen LogP contribution < -0.4 is 10.6 Å². The Bertz CT molecular complexity index is 584. The lowest BCUT2D eigenvalue weighted by Crippen LogP contribution is -2.87. The molecule has 116 valence electrons. The molecule has 1 atom stereocenters. The van der Waals surface area contributed by atoms with E-state index in [4.69, 9.17) is 0 Å².